The zero-order chi connectivity index (χ0) is 18.7. The lowest BCUT2D eigenvalue weighted by Crippen LogP contribution is -2.46. The van der Waals surface area contributed by atoms with Crippen molar-refractivity contribution in [1.82, 2.24) is 20.4 Å². The van der Waals surface area contributed by atoms with E-state index in [0.717, 1.165) is 5.56 Å². The van der Waals surface area contributed by atoms with Gasteiger partial charge in [-0.15, -0.1) is 0 Å². The molecular formula is C18H25FN4O2. The largest absolute Gasteiger partial charge is 0.383 e. The first kappa shape index (κ1) is 18.9. The van der Waals surface area contributed by atoms with Gasteiger partial charge >= 0.3 is 6.03 Å². The molecule has 3 N–H and O–H groups in total. The average molecular weight is 348 g/mol. The van der Waals surface area contributed by atoms with E-state index in [4.69, 9.17) is 0 Å². The second kappa shape index (κ2) is 7.23. The summed E-state index contributed by atoms with van der Waals surface area (Å²) in [7, 11) is 1.76. The number of hydrogen-bond acceptors (Lipinski definition) is 3. The summed E-state index contributed by atoms with van der Waals surface area (Å²) < 4.78 is 14.6. The first-order valence-electron chi connectivity index (χ1n) is 8.09. The third-order valence-corrected chi connectivity index (χ3v) is 4.24. The summed E-state index contributed by atoms with van der Waals surface area (Å²) in [5.74, 6) is -0.289. The van der Waals surface area contributed by atoms with Gasteiger partial charge in [0.15, 0.2) is 0 Å². The Morgan fingerprint density at radius 2 is 1.76 bits per heavy atom. The second-order valence-corrected chi connectivity index (χ2v) is 7.10. The number of aliphatic hydroxyl groups is 1. The van der Waals surface area contributed by atoms with Crippen molar-refractivity contribution in [3.05, 3.63) is 53.6 Å². The van der Waals surface area contributed by atoms with E-state index in [2.05, 4.69) is 15.7 Å². The fourth-order valence-corrected chi connectivity index (χ4v) is 2.42. The van der Waals surface area contributed by atoms with Gasteiger partial charge in [-0.3, -0.25) is 4.68 Å². The van der Waals surface area contributed by atoms with Crippen molar-refractivity contribution in [3.8, 4) is 0 Å². The van der Waals surface area contributed by atoms with E-state index in [1.54, 1.807) is 43.2 Å². The molecule has 0 aliphatic carbocycles. The molecule has 2 aromatic rings. The SMILES string of the molecule is Cn1cc(C(C)(O)CNC(=O)NCC(C)(C)c2ccc(F)cc2)cn1. The molecule has 0 radical (unpaired) electrons. The Morgan fingerprint density at radius 1 is 1.16 bits per heavy atom. The van der Waals surface area contributed by atoms with E-state index in [1.165, 1.54) is 12.1 Å². The molecule has 7 heteroatoms. The molecule has 25 heavy (non-hydrogen) atoms. The highest BCUT2D eigenvalue weighted by Gasteiger charge is 2.26. The lowest BCUT2D eigenvalue weighted by Gasteiger charge is -2.27. The van der Waals surface area contributed by atoms with Crippen LogP contribution in [0, 0.1) is 5.82 Å². The van der Waals surface area contributed by atoms with Crippen molar-refractivity contribution < 1.29 is 14.3 Å². The monoisotopic (exact) mass is 348 g/mol. The van der Waals surface area contributed by atoms with Crippen LogP contribution in [0.3, 0.4) is 0 Å². The van der Waals surface area contributed by atoms with E-state index in [9.17, 15) is 14.3 Å². The molecule has 0 saturated heterocycles. The van der Waals surface area contributed by atoms with Gasteiger partial charge in [0.25, 0.3) is 0 Å². The predicted molar refractivity (Wildman–Crippen MR) is 93.6 cm³/mol. The van der Waals surface area contributed by atoms with Crippen LogP contribution in [0.4, 0.5) is 9.18 Å². The van der Waals surface area contributed by atoms with Crippen LogP contribution >= 0.6 is 0 Å². The van der Waals surface area contributed by atoms with Crippen molar-refractivity contribution in [2.45, 2.75) is 31.8 Å². The van der Waals surface area contributed by atoms with Crippen LogP contribution in [0.25, 0.3) is 0 Å². The van der Waals surface area contributed by atoms with Gasteiger partial charge in [0, 0.05) is 30.8 Å². The standard InChI is InChI=1S/C18H25FN4O2/c1-17(2,13-5-7-15(19)8-6-13)11-20-16(24)21-12-18(3,25)14-9-22-23(4)10-14/h5-10,25H,11-12H2,1-4H3,(H2,20,21,24). The molecule has 1 heterocycles. The molecule has 1 aromatic heterocycles. The Labute approximate surface area is 147 Å². The molecule has 0 spiro atoms. The van der Waals surface area contributed by atoms with Gasteiger partial charge in [-0.05, 0) is 24.6 Å². The van der Waals surface area contributed by atoms with Crippen molar-refractivity contribution in [2.24, 2.45) is 7.05 Å². The highest BCUT2D eigenvalue weighted by molar-refractivity contribution is 5.74. The molecule has 1 unspecified atom stereocenters. The van der Waals surface area contributed by atoms with Crippen molar-refractivity contribution in [2.75, 3.05) is 13.1 Å². The summed E-state index contributed by atoms with van der Waals surface area (Å²) in [6.07, 6.45) is 3.27. The quantitative estimate of drug-likeness (QED) is 0.747. The second-order valence-electron chi connectivity index (χ2n) is 7.10. The number of benzene rings is 1. The Hall–Kier alpha value is -2.41. The topological polar surface area (TPSA) is 79.2 Å². The molecule has 1 aromatic carbocycles. The first-order chi connectivity index (χ1) is 11.6. The van der Waals surface area contributed by atoms with Crippen LogP contribution in [-0.4, -0.2) is 34.0 Å². The number of aromatic nitrogens is 2. The van der Waals surface area contributed by atoms with Crippen molar-refractivity contribution in [3.63, 3.8) is 0 Å². The van der Waals surface area contributed by atoms with E-state index in [0.29, 0.717) is 12.1 Å². The summed E-state index contributed by atoms with van der Waals surface area (Å²) >= 11 is 0. The van der Waals surface area contributed by atoms with Gasteiger partial charge < -0.3 is 15.7 Å². The minimum absolute atomic E-state index is 0.0570. The number of hydrogen-bond donors (Lipinski definition) is 3. The van der Waals surface area contributed by atoms with E-state index in [-0.39, 0.29) is 23.8 Å². The highest BCUT2D eigenvalue weighted by Crippen LogP contribution is 2.22. The Kier molecular flexibility index (Phi) is 5.47. The molecule has 0 aliphatic rings. The normalized spacial score (nSPS) is 14.0. The summed E-state index contributed by atoms with van der Waals surface area (Å²) in [5, 5.41) is 19.9. The lowest BCUT2D eigenvalue weighted by atomic mass is 9.84. The molecule has 0 bridgehead atoms. The lowest BCUT2D eigenvalue weighted by molar-refractivity contribution is 0.0593. The van der Waals surface area contributed by atoms with Crippen LogP contribution in [-0.2, 0) is 18.1 Å². The molecule has 0 fully saturated rings. The Balaban J connectivity index is 1.86. The summed E-state index contributed by atoms with van der Waals surface area (Å²) in [6, 6.07) is 5.86. The van der Waals surface area contributed by atoms with Gasteiger partial charge in [0.1, 0.15) is 11.4 Å². The fraction of sp³-hybridized carbons (Fsp3) is 0.444. The maximum absolute atomic E-state index is 13.0. The molecular weight excluding hydrogens is 323 g/mol. The summed E-state index contributed by atoms with van der Waals surface area (Å²) in [4.78, 5) is 12.0. The number of carbonyl (C=O) groups excluding carboxylic acids is 1. The number of aryl methyl sites for hydroxylation is 1. The van der Waals surface area contributed by atoms with Gasteiger partial charge in [-0.1, -0.05) is 26.0 Å². The van der Waals surface area contributed by atoms with Crippen LogP contribution in [0.15, 0.2) is 36.7 Å². The van der Waals surface area contributed by atoms with Gasteiger partial charge in [-0.25, -0.2) is 9.18 Å². The first-order valence-corrected chi connectivity index (χ1v) is 8.09. The molecule has 136 valence electrons. The smallest absolute Gasteiger partial charge is 0.314 e. The Morgan fingerprint density at radius 3 is 2.32 bits per heavy atom. The third-order valence-electron chi connectivity index (χ3n) is 4.24. The minimum atomic E-state index is -1.21. The molecule has 2 rings (SSSR count). The van der Waals surface area contributed by atoms with Gasteiger partial charge in [0.2, 0.25) is 0 Å². The summed E-state index contributed by atoms with van der Waals surface area (Å²) in [5.41, 5.74) is -0.00637. The maximum atomic E-state index is 13.0. The van der Waals surface area contributed by atoms with E-state index < -0.39 is 5.60 Å². The molecule has 0 aliphatic heterocycles. The minimum Gasteiger partial charge on any atom is -0.383 e. The number of carbonyl (C=O) groups is 1. The molecule has 6 nitrogen and oxygen atoms in total. The maximum Gasteiger partial charge on any atom is 0.314 e. The van der Waals surface area contributed by atoms with Crippen LogP contribution in [0.1, 0.15) is 31.9 Å². The number of rotatable bonds is 6. The van der Waals surface area contributed by atoms with Crippen LogP contribution < -0.4 is 10.6 Å². The molecule has 2 amide bonds. The van der Waals surface area contributed by atoms with Crippen LogP contribution in [0.2, 0.25) is 0 Å². The third kappa shape index (κ3) is 5.03. The molecule has 0 saturated carbocycles. The number of nitrogens with zero attached hydrogens (tertiary/aromatic N) is 2. The average Bonchev–Trinajstić information content (AvgIpc) is 2.99. The predicted octanol–water partition coefficient (Wildman–Crippen LogP) is 2.04. The Bertz CT molecular complexity index is 723. The number of halogens is 1. The zero-order valence-corrected chi connectivity index (χ0v) is 15.0. The number of amides is 2. The van der Waals surface area contributed by atoms with E-state index in [1.807, 2.05) is 13.8 Å². The fourth-order valence-electron chi connectivity index (χ4n) is 2.42. The highest BCUT2D eigenvalue weighted by atomic mass is 19.1. The van der Waals surface area contributed by atoms with Crippen molar-refractivity contribution in [1.29, 1.82) is 0 Å². The zero-order valence-electron chi connectivity index (χ0n) is 15.0. The number of nitrogens with one attached hydrogen (secondary N) is 2. The van der Waals surface area contributed by atoms with E-state index >= 15 is 0 Å². The van der Waals surface area contributed by atoms with Crippen LogP contribution in [0.5, 0.6) is 0 Å². The van der Waals surface area contributed by atoms with Gasteiger partial charge in [0.05, 0.1) is 12.7 Å². The molecule has 1 atom stereocenters. The summed E-state index contributed by atoms with van der Waals surface area (Å²) in [6.45, 7) is 5.98. The van der Waals surface area contributed by atoms with Crippen molar-refractivity contribution >= 4 is 6.03 Å². The number of urea groups is 1. The van der Waals surface area contributed by atoms with Gasteiger partial charge in [-0.2, -0.15) is 5.10 Å².